The molecule has 1 amide bonds. The standard InChI is InChI=1S/C13H14BrN3O/c1-17-8-10(14)6-12(17)13(18)16-7-9-2-4-11(15)5-3-9/h2-6,8H,7,15H2,1H3,(H,16,18). The summed E-state index contributed by atoms with van der Waals surface area (Å²) in [7, 11) is 1.84. The van der Waals surface area contributed by atoms with E-state index in [2.05, 4.69) is 21.2 Å². The summed E-state index contributed by atoms with van der Waals surface area (Å²) in [5.41, 5.74) is 7.96. The van der Waals surface area contributed by atoms with E-state index in [1.54, 1.807) is 10.6 Å². The number of nitrogen functional groups attached to an aromatic ring is 1. The van der Waals surface area contributed by atoms with Gasteiger partial charge < -0.3 is 15.6 Å². The number of aryl methyl sites for hydroxylation is 1. The van der Waals surface area contributed by atoms with Crippen LogP contribution in [0.2, 0.25) is 0 Å². The van der Waals surface area contributed by atoms with Crippen LogP contribution in [-0.4, -0.2) is 10.5 Å². The number of carbonyl (C=O) groups is 1. The molecule has 0 fully saturated rings. The maximum Gasteiger partial charge on any atom is 0.268 e. The van der Waals surface area contributed by atoms with E-state index >= 15 is 0 Å². The molecule has 0 radical (unpaired) electrons. The summed E-state index contributed by atoms with van der Waals surface area (Å²) >= 11 is 3.34. The number of rotatable bonds is 3. The molecule has 2 aromatic rings. The van der Waals surface area contributed by atoms with Gasteiger partial charge in [0.15, 0.2) is 0 Å². The van der Waals surface area contributed by atoms with Crippen molar-refractivity contribution in [2.24, 2.45) is 7.05 Å². The number of anilines is 1. The van der Waals surface area contributed by atoms with Crippen LogP contribution in [0.4, 0.5) is 5.69 Å². The van der Waals surface area contributed by atoms with Crippen molar-refractivity contribution >= 4 is 27.5 Å². The van der Waals surface area contributed by atoms with Gasteiger partial charge in [-0.15, -0.1) is 0 Å². The maximum absolute atomic E-state index is 11.9. The Morgan fingerprint density at radius 2 is 2.06 bits per heavy atom. The molecule has 0 saturated heterocycles. The van der Waals surface area contributed by atoms with Gasteiger partial charge in [0.1, 0.15) is 5.69 Å². The van der Waals surface area contributed by atoms with Gasteiger partial charge in [-0.3, -0.25) is 4.79 Å². The number of hydrogen-bond acceptors (Lipinski definition) is 2. The summed E-state index contributed by atoms with van der Waals surface area (Å²) in [6, 6.07) is 9.23. The fourth-order valence-electron chi connectivity index (χ4n) is 1.66. The molecule has 5 heteroatoms. The lowest BCUT2D eigenvalue weighted by atomic mass is 10.2. The monoisotopic (exact) mass is 307 g/mol. The molecule has 0 saturated carbocycles. The third kappa shape index (κ3) is 2.92. The Morgan fingerprint density at radius 1 is 1.39 bits per heavy atom. The van der Waals surface area contributed by atoms with Gasteiger partial charge in [0.25, 0.3) is 5.91 Å². The molecule has 0 unspecified atom stereocenters. The zero-order chi connectivity index (χ0) is 13.1. The van der Waals surface area contributed by atoms with Crippen molar-refractivity contribution in [1.29, 1.82) is 0 Å². The first-order valence-electron chi connectivity index (χ1n) is 5.51. The SMILES string of the molecule is Cn1cc(Br)cc1C(=O)NCc1ccc(N)cc1. The summed E-state index contributed by atoms with van der Waals surface area (Å²) in [6.07, 6.45) is 1.85. The Labute approximate surface area is 114 Å². The molecule has 94 valence electrons. The first kappa shape index (κ1) is 12.7. The van der Waals surface area contributed by atoms with Gasteiger partial charge in [-0.2, -0.15) is 0 Å². The van der Waals surface area contributed by atoms with Crippen molar-refractivity contribution in [1.82, 2.24) is 9.88 Å². The Kier molecular flexibility index (Phi) is 3.72. The largest absolute Gasteiger partial charge is 0.399 e. The van der Waals surface area contributed by atoms with Crippen LogP contribution in [-0.2, 0) is 13.6 Å². The van der Waals surface area contributed by atoms with Crippen molar-refractivity contribution in [3.05, 3.63) is 52.3 Å². The average Bonchev–Trinajstić information content (AvgIpc) is 2.67. The molecular weight excluding hydrogens is 294 g/mol. The molecule has 18 heavy (non-hydrogen) atoms. The van der Waals surface area contributed by atoms with Crippen LogP contribution in [0.1, 0.15) is 16.1 Å². The van der Waals surface area contributed by atoms with Crippen molar-refractivity contribution in [2.45, 2.75) is 6.54 Å². The molecule has 0 bridgehead atoms. The number of aromatic nitrogens is 1. The maximum atomic E-state index is 11.9. The molecule has 0 aliphatic heterocycles. The van der Waals surface area contributed by atoms with E-state index in [1.807, 2.05) is 37.5 Å². The normalized spacial score (nSPS) is 10.3. The molecule has 3 N–H and O–H groups in total. The highest BCUT2D eigenvalue weighted by Gasteiger charge is 2.10. The lowest BCUT2D eigenvalue weighted by Crippen LogP contribution is -2.24. The zero-order valence-electron chi connectivity index (χ0n) is 9.98. The van der Waals surface area contributed by atoms with E-state index in [1.165, 1.54) is 0 Å². The van der Waals surface area contributed by atoms with Crippen LogP contribution < -0.4 is 11.1 Å². The minimum absolute atomic E-state index is 0.0972. The van der Waals surface area contributed by atoms with Crippen molar-refractivity contribution in [3.8, 4) is 0 Å². The topological polar surface area (TPSA) is 60.0 Å². The predicted molar refractivity (Wildman–Crippen MR) is 75.1 cm³/mol. The molecule has 1 aromatic carbocycles. The van der Waals surface area contributed by atoms with Crippen LogP contribution >= 0.6 is 15.9 Å². The first-order chi connectivity index (χ1) is 8.56. The third-order valence-electron chi connectivity index (χ3n) is 2.64. The third-order valence-corrected chi connectivity index (χ3v) is 3.07. The van der Waals surface area contributed by atoms with Gasteiger partial charge in [-0.1, -0.05) is 12.1 Å². The molecule has 0 atom stereocenters. The second kappa shape index (κ2) is 5.27. The van der Waals surface area contributed by atoms with Gasteiger partial charge in [-0.05, 0) is 39.7 Å². The molecule has 1 heterocycles. The number of hydrogen-bond donors (Lipinski definition) is 2. The highest BCUT2D eigenvalue weighted by atomic mass is 79.9. The molecule has 0 spiro atoms. The van der Waals surface area contributed by atoms with Gasteiger partial charge >= 0.3 is 0 Å². The van der Waals surface area contributed by atoms with Crippen LogP contribution in [0.15, 0.2) is 41.0 Å². The second-order valence-electron chi connectivity index (χ2n) is 4.08. The predicted octanol–water partition coefficient (Wildman–Crippen LogP) is 2.30. The molecular formula is C13H14BrN3O. The highest BCUT2D eigenvalue weighted by Crippen LogP contribution is 2.13. The average molecular weight is 308 g/mol. The quantitative estimate of drug-likeness (QED) is 0.855. The van der Waals surface area contributed by atoms with E-state index in [4.69, 9.17) is 5.73 Å². The zero-order valence-corrected chi connectivity index (χ0v) is 11.6. The van der Waals surface area contributed by atoms with Gasteiger partial charge in [0.2, 0.25) is 0 Å². The molecule has 4 nitrogen and oxygen atoms in total. The smallest absolute Gasteiger partial charge is 0.268 e. The van der Waals surface area contributed by atoms with E-state index in [9.17, 15) is 4.79 Å². The molecule has 1 aromatic heterocycles. The van der Waals surface area contributed by atoms with Crippen LogP contribution in [0.3, 0.4) is 0 Å². The van der Waals surface area contributed by atoms with E-state index in [0.717, 1.165) is 15.7 Å². The summed E-state index contributed by atoms with van der Waals surface area (Å²) in [5.74, 6) is -0.0972. The van der Waals surface area contributed by atoms with E-state index in [0.29, 0.717) is 12.2 Å². The Morgan fingerprint density at radius 3 is 2.61 bits per heavy atom. The van der Waals surface area contributed by atoms with Crippen LogP contribution in [0, 0.1) is 0 Å². The fraction of sp³-hybridized carbons (Fsp3) is 0.154. The number of nitrogens with one attached hydrogen (secondary N) is 1. The summed E-state index contributed by atoms with van der Waals surface area (Å²) in [4.78, 5) is 11.9. The van der Waals surface area contributed by atoms with Gasteiger partial charge in [0.05, 0.1) is 0 Å². The number of benzene rings is 1. The summed E-state index contributed by atoms with van der Waals surface area (Å²) < 4.78 is 2.67. The molecule has 0 aliphatic carbocycles. The van der Waals surface area contributed by atoms with Gasteiger partial charge in [0, 0.05) is 29.9 Å². The van der Waals surface area contributed by atoms with Crippen molar-refractivity contribution in [2.75, 3.05) is 5.73 Å². The first-order valence-corrected chi connectivity index (χ1v) is 6.30. The number of carbonyl (C=O) groups excluding carboxylic acids is 1. The Hall–Kier alpha value is -1.75. The minimum atomic E-state index is -0.0972. The summed E-state index contributed by atoms with van der Waals surface area (Å²) in [6.45, 7) is 0.488. The number of halogens is 1. The lowest BCUT2D eigenvalue weighted by molar-refractivity contribution is 0.0943. The minimum Gasteiger partial charge on any atom is -0.399 e. The Balaban J connectivity index is 2.00. The van der Waals surface area contributed by atoms with Crippen LogP contribution in [0.5, 0.6) is 0 Å². The lowest BCUT2D eigenvalue weighted by Gasteiger charge is -2.06. The number of nitrogens with zero attached hydrogens (tertiary/aromatic N) is 1. The molecule has 2 rings (SSSR count). The van der Waals surface area contributed by atoms with Crippen molar-refractivity contribution < 1.29 is 4.79 Å². The Bertz CT molecular complexity index is 560. The van der Waals surface area contributed by atoms with E-state index < -0.39 is 0 Å². The van der Waals surface area contributed by atoms with Gasteiger partial charge in [-0.25, -0.2) is 0 Å². The highest BCUT2D eigenvalue weighted by molar-refractivity contribution is 9.10. The van der Waals surface area contributed by atoms with Crippen LogP contribution in [0.25, 0.3) is 0 Å². The van der Waals surface area contributed by atoms with Crippen molar-refractivity contribution in [3.63, 3.8) is 0 Å². The number of nitrogens with two attached hydrogens (primary N) is 1. The second-order valence-corrected chi connectivity index (χ2v) is 4.99. The van der Waals surface area contributed by atoms with E-state index in [-0.39, 0.29) is 5.91 Å². The summed E-state index contributed by atoms with van der Waals surface area (Å²) in [5, 5.41) is 2.87. The number of amides is 1. The molecule has 0 aliphatic rings. The fourth-order valence-corrected chi connectivity index (χ4v) is 2.18.